The van der Waals surface area contributed by atoms with E-state index in [1.807, 2.05) is 44.2 Å². The van der Waals surface area contributed by atoms with Crippen LogP contribution < -0.4 is 0 Å². The van der Waals surface area contributed by atoms with E-state index in [2.05, 4.69) is 0 Å². The largest absolute Gasteiger partial charge is 0.445 e. The maximum absolute atomic E-state index is 13.6. The monoisotopic (exact) mass is 512 g/mol. The fourth-order valence-corrected chi connectivity index (χ4v) is 6.10. The van der Waals surface area contributed by atoms with Gasteiger partial charge in [0, 0.05) is 11.5 Å². The number of carbonyl (C=O) groups is 2. The van der Waals surface area contributed by atoms with Crippen LogP contribution in [-0.2, 0) is 25.6 Å². The zero-order valence-corrected chi connectivity index (χ0v) is 21.7. The van der Waals surface area contributed by atoms with Gasteiger partial charge in [0.25, 0.3) is 0 Å². The molecule has 2 aliphatic rings. The summed E-state index contributed by atoms with van der Waals surface area (Å²) in [7, 11) is 0. The molecule has 2 fully saturated rings. The van der Waals surface area contributed by atoms with Crippen molar-refractivity contribution in [2.45, 2.75) is 64.2 Å². The minimum atomic E-state index is -1.87. The zero-order chi connectivity index (χ0) is 24.4. The zero-order valence-electron chi connectivity index (χ0n) is 20.0. The third-order valence-electron chi connectivity index (χ3n) is 5.81. The van der Waals surface area contributed by atoms with E-state index in [1.54, 1.807) is 16.7 Å². The molecule has 2 aliphatic heterocycles. The van der Waals surface area contributed by atoms with Crippen LogP contribution in [0.15, 0.2) is 30.3 Å². The van der Waals surface area contributed by atoms with Gasteiger partial charge in [0.2, 0.25) is 5.91 Å². The van der Waals surface area contributed by atoms with Crippen LogP contribution >= 0.6 is 23.5 Å². The van der Waals surface area contributed by atoms with Crippen molar-refractivity contribution in [1.82, 2.24) is 9.80 Å². The minimum absolute atomic E-state index is 0.153. The van der Waals surface area contributed by atoms with E-state index in [9.17, 15) is 14.7 Å². The fraction of sp³-hybridized carbons (Fsp3) is 0.667. The van der Waals surface area contributed by atoms with Gasteiger partial charge in [-0.05, 0) is 18.4 Å². The van der Waals surface area contributed by atoms with Gasteiger partial charge in [-0.2, -0.15) is 0 Å². The van der Waals surface area contributed by atoms with Crippen molar-refractivity contribution in [1.29, 1.82) is 0 Å². The molecule has 10 heteroatoms. The molecule has 1 aromatic rings. The van der Waals surface area contributed by atoms with Crippen LogP contribution in [0.3, 0.4) is 0 Å². The quantitative estimate of drug-likeness (QED) is 0.333. The molecule has 2 atom stereocenters. The van der Waals surface area contributed by atoms with Crippen LogP contribution in [-0.4, -0.2) is 81.4 Å². The molecule has 0 spiro atoms. The Bertz CT molecular complexity index is 774. The molecule has 8 nitrogen and oxygen atoms in total. The number of carbonyl (C=O) groups excluding carboxylic acids is 2. The van der Waals surface area contributed by atoms with Crippen molar-refractivity contribution in [2.24, 2.45) is 0 Å². The first-order valence-corrected chi connectivity index (χ1v) is 14.2. The van der Waals surface area contributed by atoms with E-state index in [0.717, 1.165) is 31.2 Å². The SMILES string of the molecule is CCCCOC(O)(OCCCC)[C@@H]1CSCN1C(=O)[C@@H]1CSCN1C(=O)OCc1ccccc1. The van der Waals surface area contributed by atoms with E-state index >= 15 is 0 Å². The summed E-state index contributed by atoms with van der Waals surface area (Å²) >= 11 is 3.06. The predicted octanol–water partition coefficient (Wildman–Crippen LogP) is 3.88. The number of ether oxygens (including phenoxy) is 3. The highest BCUT2D eigenvalue weighted by atomic mass is 32.2. The average molecular weight is 513 g/mol. The molecule has 1 aromatic carbocycles. The number of hydrogen-bond acceptors (Lipinski definition) is 8. The third kappa shape index (κ3) is 7.04. The van der Waals surface area contributed by atoms with Gasteiger partial charge in [0.15, 0.2) is 0 Å². The Balaban J connectivity index is 1.67. The van der Waals surface area contributed by atoms with E-state index in [4.69, 9.17) is 14.2 Å². The Morgan fingerprint density at radius 3 is 2.26 bits per heavy atom. The number of benzene rings is 1. The summed E-state index contributed by atoms with van der Waals surface area (Å²) in [4.78, 5) is 29.5. The second kappa shape index (κ2) is 13.6. The number of unbranched alkanes of at least 4 members (excludes halogenated alkanes) is 2. The number of thioether (sulfide) groups is 2. The molecule has 2 heterocycles. The van der Waals surface area contributed by atoms with E-state index in [-0.39, 0.29) is 12.5 Å². The molecule has 2 saturated heterocycles. The summed E-state index contributed by atoms with van der Waals surface area (Å²) in [5.74, 6) is -0.298. The summed E-state index contributed by atoms with van der Waals surface area (Å²) < 4.78 is 17.1. The molecular weight excluding hydrogens is 476 g/mol. The standard InChI is InChI=1S/C24H36N2O6S2/c1-3-5-12-31-24(29,32-13-6-4-2)21-16-34-18-26(21)22(27)20-15-33-17-25(20)23(28)30-14-19-10-8-7-9-11-19/h7-11,20-21,29H,3-6,12-18H2,1-2H3/t20-,21-/m0/s1. The molecule has 0 bridgehead atoms. The Morgan fingerprint density at radius 2 is 1.62 bits per heavy atom. The first-order chi connectivity index (χ1) is 16.5. The maximum atomic E-state index is 13.6. The van der Waals surface area contributed by atoms with Crippen LogP contribution in [0, 0.1) is 0 Å². The lowest BCUT2D eigenvalue weighted by molar-refractivity contribution is -0.379. The highest BCUT2D eigenvalue weighted by Crippen LogP contribution is 2.34. The normalized spacial score (nSPS) is 20.7. The molecular formula is C24H36N2O6S2. The maximum Gasteiger partial charge on any atom is 0.411 e. The highest BCUT2D eigenvalue weighted by Gasteiger charge is 2.50. The average Bonchev–Trinajstić information content (AvgIpc) is 3.54. The van der Waals surface area contributed by atoms with E-state index < -0.39 is 24.2 Å². The molecule has 3 rings (SSSR count). The highest BCUT2D eigenvalue weighted by molar-refractivity contribution is 7.99. The molecule has 2 amide bonds. The van der Waals surface area contributed by atoms with Crippen LogP contribution in [0.1, 0.15) is 45.1 Å². The van der Waals surface area contributed by atoms with Crippen LogP contribution in [0.2, 0.25) is 0 Å². The minimum Gasteiger partial charge on any atom is -0.445 e. The van der Waals surface area contributed by atoms with Gasteiger partial charge in [-0.25, -0.2) is 4.79 Å². The molecule has 34 heavy (non-hydrogen) atoms. The number of hydrogen-bond donors (Lipinski definition) is 1. The van der Waals surface area contributed by atoms with E-state index in [1.165, 1.54) is 16.7 Å². The first kappa shape index (κ1) is 27.1. The molecule has 0 unspecified atom stereocenters. The second-order valence-corrected chi connectivity index (χ2v) is 10.4. The molecule has 0 saturated carbocycles. The van der Waals surface area contributed by atoms with Gasteiger partial charge in [-0.15, -0.1) is 23.5 Å². The van der Waals surface area contributed by atoms with Crippen LogP contribution in [0.5, 0.6) is 0 Å². The van der Waals surface area contributed by atoms with Gasteiger partial charge in [-0.1, -0.05) is 57.0 Å². The van der Waals surface area contributed by atoms with Gasteiger partial charge < -0.3 is 24.2 Å². The summed E-state index contributed by atoms with van der Waals surface area (Å²) in [5, 5.41) is 11.3. The van der Waals surface area contributed by atoms with Crippen molar-refractivity contribution in [3.05, 3.63) is 35.9 Å². The Kier molecular flexibility index (Phi) is 10.8. The topological polar surface area (TPSA) is 88.5 Å². The lowest BCUT2D eigenvalue weighted by atomic mass is 10.2. The molecule has 1 N–H and O–H groups in total. The van der Waals surface area contributed by atoms with Crippen molar-refractivity contribution in [3.63, 3.8) is 0 Å². The lowest BCUT2D eigenvalue weighted by Crippen LogP contribution is -2.59. The van der Waals surface area contributed by atoms with Crippen molar-refractivity contribution < 1.29 is 28.9 Å². The number of amides is 2. The predicted molar refractivity (Wildman–Crippen MR) is 134 cm³/mol. The van der Waals surface area contributed by atoms with Crippen molar-refractivity contribution in [2.75, 3.05) is 36.5 Å². The molecule has 0 radical (unpaired) electrons. The van der Waals surface area contributed by atoms with Crippen molar-refractivity contribution in [3.8, 4) is 0 Å². The fourth-order valence-electron chi connectivity index (χ4n) is 3.74. The summed E-state index contributed by atoms with van der Waals surface area (Å²) in [6.07, 6.45) is 2.91. The van der Waals surface area contributed by atoms with Crippen molar-refractivity contribution >= 4 is 35.5 Å². The summed E-state index contributed by atoms with van der Waals surface area (Å²) in [6, 6.07) is 8.16. The first-order valence-electron chi connectivity index (χ1n) is 11.9. The van der Waals surface area contributed by atoms with E-state index in [0.29, 0.717) is 36.5 Å². The summed E-state index contributed by atoms with van der Waals surface area (Å²) in [5.41, 5.74) is 0.889. The second-order valence-electron chi connectivity index (χ2n) is 8.38. The Labute approximate surface area is 210 Å². The number of aliphatic hydroxyl groups is 1. The van der Waals surface area contributed by atoms with Gasteiger partial charge in [0.1, 0.15) is 18.7 Å². The van der Waals surface area contributed by atoms with Crippen LogP contribution in [0.4, 0.5) is 4.79 Å². The molecule has 0 aromatic heterocycles. The Hall–Kier alpha value is -1.46. The molecule has 0 aliphatic carbocycles. The lowest BCUT2D eigenvalue weighted by Gasteiger charge is -2.38. The summed E-state index contributed by atoms with van der Waals surface area (Å²) in [6.45, 7) is 4.94. The third-order valence-corrected chi connectivity index (χ3v) is 7.83. The van der Waals surface area contributed by atoms with Crippen LogP contribution in [0.25, 0.3) is 0 Å². The van der Waals surface area contributed by atoms with Gasteiger partial charge in [-0.3, -0.25) is 9.69 Å². The van der Waals surface area contributed by atoms with Gasteiger partial charge in [0.05, 0.1) is 25.0 Å². The number of nitrogens with zero attached hydrogens (tertiary/aromatic N) is 2. The number of rotatable bonds is 12. The van der Waals surface area contributed by atoms with Gasteiger partial charge >= 0.3 is 12.1 Å². The Morgan fingerprint density at radius 1 is 1.00 bits per heavy atom. The smallest absolute Gasteiger partial charge is 0.411 e. The molecule has 190 valence electrons.